The highest BCUT2D eigenvalue weighted by Gasteiger charge is 2.48. The Balaban J connectivity index is 2.64. The van der Waals surface area contributed by atoms with E-state index in [0.717, 1.165) is 0 Å². The molecule has 1 rings (SSSR count). The second-order valence-corrected chi connectivity index (χ2v) is 3.60. The van der Waals surface area contributed by atoms with E-state index < -0.39 is 30.2 Å². The Morgan fingerprint density at radius 1 is 1.64 bits per heavy atom. The van der Waals surface area contributed by atoms with Gasteiger partial charge in [-0.1, -0.05) is 0 Å². The zero-order valence-corrected chi connectivity index (χ0v) is 7.87. The van der Waals surface area contributed by atoms with Gasteiger partial charge in [-0.2, -0.15) is 8.78 Å². The standard InChI is InChI=1S/C8H12F2O4/c1-7(2)13-3-5(14-7)6(12)8(9,10)4-11/h4-6,12H,3H2,1-2H3/t5-,6?/m1/s1. The molecule has 1 aliphatic rings. The number of aliphatic hydroxyl groups excluding tert-OH is 1. The summed E-state index contributed by atoms with van der Waals surface area (Å²) < 4.78 is 35.4. The van der Waals surface area contributed by atoms with Gasteiger partial charge in [0, 0.05) is 0 Å². The molecule has 1 saturated heterocycles. The van der Waals surface area contributed by atoms with E-state index in [1.807, 2.05) is 0 Å². The number of hydrogen-bond acceptors (Lipinski definition) is 4. The molecule has 4 nitrogen and oxygen atoms in total. The van der Waals surface area contributed by atoms with Crippen molar-refractivity contribution >= 4 is 6.29 Å². The Morgan fingerprint density at radius 3 is 2.57 bits per heavy atom. The maximum atomic E-state index is 12.7. The highest BCUT2D eigenvalue weighted by molar-refractivity contribution is 5.60. The third kappa shape index (κ3) is 2.26. The van der Waals surface area contributed by atoms with Crippen LogP contribution in [0.3, 0.4) is 0 Å². The topological polar surface area (TPSA) is 55.8 Å². The molecular weight excluding hydrogens is 198 g/mol. The van der Waals surface area contributed by atoms with Gasteiger partial charge in [0.1, 0.15) is 6.10 Å². The van der Waals surface area contributed by atoms with Crippen LogP contribution < -0.4 is 0 Å². The SMILES string of the molecule is CC1(C)OC[C@H](C(O)C(F)(F)C=O)O1. The number of ether oxygens (including phenoxy) is 2. The van der Waals surface area contributed by atoms with Gasteiger partial charge in [0.25, 0.3) is 0 Å². The van der Waals surface area contributed by atoms with E-state index in [4.69, 9.17) is 14.6 Å². The van der Waals surface area contributed by atoms with Crippen LogP contribution in [0.15, 0.2) is 0 Å². The van der Waals surface area contributed by atoms with Crippen molar-refractivity contribution < 1.29 is 28.2 Å². The van der Waals surface area contributed by atoms with Crippen molar-refractivity contribution in [3.63, 3.8) is 0 Å². The van der Waals surface area contributed by atoms with E-state index >= 15 is 0 Å². The van der Waals surface area contributed by atoms with E-state index in [2.05, 4.69) is 0 Å². The van der Waals surface area contributed by atoms with Gasteiger partial charge in [-0.15, -0.1) is 0 Å². The third-order valence-electron chi connectivity index (χ3n) is 1.93. The molecule has 1 heterocycles. The summed E-state index contributed by atoms with van der Waals surface area (Å²) in [6, 6.07) is 0. The minimum Gasteiger partial charge on any atom is -0.383 e. The number of rotatable bonds is 3. The van der Waals surface area contributed by atoms with Gasteiger partial charge >= 0.3 is 5.92 Å². The fourth-order valence-corrected chi connectivity index (χ4v) is 1.19. The number of hydrogen-bond donors (Lipinski definition) is 1. The number of carbonyl (C=O) groups is 1. The Kier molecular flexibility index (Phi) is 2.89. The van der Waals surface area contributed by atoms with Crippen LogP contribution >= 0.6 is 0 Å². The van der Waals surface area contributed by atoms with Crippen LogP contribution in [0.1, 0.15) is 13.8 Å². The maximum Gasteiger partial charge on any atom is 0.330 e. The van der Waals surface area contributed by atoms with Gasteiger partial charge in [0.15, 0.2) is 18.2 Å². The lowest BCUT2D eigenvalue weighted by Gasteiger charge is -2.23. The van der Waals surface area contributed by atoms with Gasteiger partial charge in [0.05, 0.1) is 6.61 Å². The first-order valence-corrected chi connectivity index (χ1v) is 4.12. The van der Waals surface area contributed by atoms with Gasteiger partial charge in [-0.3, -0.25) is 4.79 Å². The van der Waals surface area contributed by atoms with E-state index in [9.17, 15) is 13.6 Å². The fourth-order valence-electron chi connectivity index (χ4n) is 1.19. The van der Waals surface area contributed by atoms with Crippen molar-refractivity contribution in [3.8, 4) is 0 Å². The lowest BCUT2D eigenvalue weighted by Crippen LogP contribution is -2.45. The van der Waals surface area contributed by atoms with E-state index in [0.29, 0.717) is 0 Å². The Bertz CT molecular complexity index is 229. The first kappa shape index (κ1) is 11.5. The molecule has 0 spiro atoms. The van der Waals surface area contributed by atoms with Crippen LogP contribution in [-0.2, 0) is 14.3 Å². The molecule has 1 fully saturated rings. The zero-order chi connectivity index (χ0) is 11.0. The van der Waals surface area contributed by atoms with E-state index in [1.54, 1.807) is 13.8 Å². The molecule has 0 aromatic rings. The lowest BCUT2D eigenvalue weighted by atomic mass is 10.1. The Labute approximate surface area is 79.8 Å². The lowest BCUT2D eigenvalue weighted by molar-refractivity contribution is -0.186. The predicted octanol–water partition coefficient (Wildman–Crippen LogP) is 0.333. The molecule has 82 valence electrons. The molecule has 0 saturated carbocycles. The van der Waals surface area contributed by atoms with Crippen LogP contribution in [0, 0.1) is 0 Å². The average Bonchev–Trinajstić information content (AvgIpc) is 2.44. The molecule has 2 atom stereocenters. The van der Waals surface area contributed by atoms with Gasteiger partial charge in [-0.05, 0) is 13.8 Å². The van der Waals surface area contributed by atoms with Crippen molar-refractivity contribution in [1.29, 1.82) is 0 Å². The Morgan fingerprint density at radius 2 is 2.21 bits per heavy atom. The molecule has 1 unspecified atom stereocenters. The van der Waals surface area contributed by atoms with Crippen LogP contribution in [-0.4, -0.2) is 41.9 Å². The van der Waals surface area contributed by atoms with Crippen LogP contribution in [0.25, 0.3) is 0 Å². The average molecular weight is 210 g/mol. The highest BCUT2D eigenvalue weighted by atomic mass is 19.3. The fraction of sp³-hybridized carbons (Fsp3) is 0.875. The number of aldehydes is 1. The van der Waals surface area contributed by atoms with Crippen molar-refractivity contribution in [2.24, 2.45) is 0 Å². The largest absolute Gasteiger partial charge is 0.383 e. The summed E-state index contributed by atoms with van der Waals surface area (Å²) in [7, 11) is 0. The second-order valence-electron chi connectivity index (χ2n) is 3.60. The van der Waals surface area contributed by atoms with Crippen LogP contribution in [0.4, 0.5) is 8.78 Å². The summed E-state index contributed by atoms with van der Waals surface area (Å²) in [4.78, 5) is 9.98. The zero-order valence-electron chi connectivity index (χ0n) is 7.87. The smallest absolute Gasteiger partial charge is 0.330 e. The summed E-state index contributed by atoms with van der Waals surface area (Å²) in [6.07, 6.45) is -3.93. The second kappa shape index (κ2) is 3.52. The number of alkyl halides is 2. The molecule has 1 aliphatic heterocycles. The van der Waals surface area contributed by atoms with Crippen LogP contribution in [0.5, 0.6) is 0 Å². The van der Waals surface area contributed by atoms with Crippen LogP contribution in [0.2, 0.25) is 0 Å². The van der Waals surface area contributed by atoms with Gasteiger partial charge in [0.2, 0.25) is 0 Å². The molecule has 0 aliphatic carbocycles. The molecule has 0 aromatic carbocycles. The summed E-state index contributed by atoms with van der Waals surface area (Å²) >= 11 is 0. The molecule has 1 N–H and O–H groups in total. The molecule has 14 heavy (non-hydrogen) atoms. The maximum absolute atomic E-state index is 12.7. The molecule has 6 heteroatoms. The van der Waals surface area contributed by atoms with Gasteiger partial charge in [-0.25, -0.2) is 0 Å². The highest BCUT2D eigenvalue weighted by Crippen LogP contribution is 2.29. The summed E-state index contributed by atoms with van der Waals surface area (Å²) in [5.41, 5.74) is 0. The molecule has 0 bridgehead atoms. The number of carbonyl (C=O) groups excluding carboxylic acids is 1. The van der Waals surface area contributed by atoms with Crippen molar-refractivity contribution in [2.75, 3.05) is 6.61 Å². The van der Waals surface area contributed by atoms with Crippen molar-refractivity contribution in [1.82, 2.24) is 0 Å². The summed E-state index contributed by atoms with van der Waals surface area (Å²) in [5, 5.41) is 9.12. The first-order valence-electron chi connectivity index (χ1n) is 4.12. The third-order valence-corrected chi connectivity index (χ3v) is 1.93. The Hall–Kier alpha value is -0.590. The minimum atomic E-state index is -3.80. The quantitative estimate of drug-likeness (QED) is 0.682. The normalized spacial score (nSPS) is 28.8. The first-order chi connectivity index (χ1) is 6.28. The molecule has 0 aromatic heterocycles. The summed E-state index contributed by atoms with van der Waals surface area (Å²) in [6.45, 7) is 2.93. The molecule has 0 amide bonds. The number of aliphatic hydroxyl groups is 1. The predicted molar refractivity (Wildman–Crippen MR) is 41.9 cm³/mol. The van der Waals surface area contributed by atoms with Gasteiger partial charge < -0.3 is 14.6 Å². The van der Waals surface area contributed by atoms with Crippen molar-refractivity contribution in [2.45, 2.75) is 37.8 Å². The van der Waals surface area contributed by atoms with Crippen molar-refractivity contribution in [3.05, 3.63) is 0 Å². The van der Waals surface area contributed by atoms with E-state index in [1.165, 1.54) is 0 Å². The minimum absolute atomic E-state index is 0.155. The number of halogens is 2. The monoisotopic (exact) mass is 210 g/mol. The van der Waals surface area contributed by atoms with E-state index in [-0.39, 0.29) is 6.61 Å². The summed E-state index contributed by atoms with van der Waals surface area (Å²) in [5.74, 6) is -4.79. The molecular formula is C8H12F2O4. The molecule has 0 radical (unpaired) electrons.